The highest BCUT2D eigenvalue weighted by Gasteiger charge is 2.35. The molecule has 0 aromatic carbocycles. The molecule has 2 aromatic heterocycles. The summed E-state index contributed by atoms with van der Waals surface area (Å²) < 4.78 is 51.2. The van der Waals surface area contributed by atoms with E-state index in [1.807, 2.05) is 0 Å². The van der Waals surface area contributed by atoms with Crippen LogP contribution in [-0.4, -0.2) is 33.1 Å². The minimum atomic E-state index is -4.50. The molecule has 3 heterocycles. The van der Waals surface area contributed by atoms with Gasteiger partial charge in [0.25, 0.3) is 0 Å². The highest BCUT2D eigenvalue weighted by Crippen LogP contribution is 2.41. The van der Waals surface area contributed by atoms with Crippen LogP contribution in [0, 0.1) is 0 Å². The highest BCUT2D eigenvalue weighted by atomic mass is 19.4. The molecule has 1 aliphatic heterocycles. The van der Waals surface area contributed by atoms with Gasteiger partial charge in [0.2, 0.25) is 0 Å². The van der Waals surface area contributed by atoms with Gasteiger partial charge in [-0.1, -0.05) is 0 Å². The Morgan fingerprint density at radius 3 is 2.76 bits per heavy atom. The van der Waals surface area contributed by atoms with Crippen molar-refractivity contribution in [3.8, 4) is 11.4 Å². The van der Waals surface area contributed by atoms with E-state index in [0.717, 1.165) is 18.9 Å². The zero-order chi connectivity index (χ0) is 17.4. The zero-order valence-corrected chi connectivity index (χ0v) is 13.2. The van der Waals surface area contributed by atoms with Crippen LogP contribution in [0.2, 0.25) is 0 Å². The molecule has 132 valence electrons. The molecule has 1 saturated heterocycles. The van der Waals surface area contributed by atoms with Crippen LogP contribution in [0.15, 0.2) is 24.2 Å². The van der Waals surface area contributed by atoms with Crippen molar-refractivity contribution in [2.75, 3.05) is 13.4 Å². The van der Waals surface area contributed by atoms with Gasteiger partial charge in [0.15, 0.2) is 12.6 Å². The SMILES string of the molecule is FC(F)(F)c1cc(-c2ncn(C=C3CCOCO3)n2)cc(C2CC2)n1. The van der Waals surface area contributed by atoms with Crippen LogP contribution in [-0.2, 0) is 15.7 Å². The molecule has 1 aliphatic carbocycles. The average Bonchev–Trinajstić information content (AvgIpc) is 3.34. The van der Waals surface area contributed by atoms with Gasteiger partial charge in [-0.15, -0.1) is 5.10 Å². The fourth-order valence-electron chi connectivity index (χ4n) is 2.55. The lowest BCUT2D eigenvalue weighted by molar-refractivity contribution is -0.141. The Bertz CT molecular complexity index is 804. The van der Waals surface area contributed by atoms with Crippen molar-refractivity contribution in [2.24, 2.45) is 0 Å². The summed E-state index contributed by atoms with van der Waals surface area (Å²) in [6, 6.07) is 2.63. The van der Waals surface area contributed by atoms with Crippen LogP contribution in [0.4, 0.5) is 13.2 Å². The summed E-state index contributed by atoms with van der Waals surface area (Å²) in [6.45, 7) is 0.731. The Hall–Kier alpha value is -2.42. The molecule has 0 unspecified atom stereocenters. The van der Waals surface area contributed by atoms with Gasteiger partial charge < -0.3 is 9.47 Å². The average molecular weight is 352 g/mol. The maximum absolute atomic E-state index is 13.1. The molecule has 0 bridgehead atoms. The Labute approximate surface area is 141 Å². The summed E-state index contributed by atoms with van der Waals surface area (Å²) in [7, 11) is 0. The van der Waals surface area contributed by atoms with Gasteiger partial charge in [-0.2, -0.15) is 13.2 Å². The van der Waals surface area contributed by atoms with E-state index in [0.29, 0.717) is 30.0 Å². The fourth-order valence-corrected chi connectivity index (χ4v) is 2.55. The molecule has 0 spiro atoms. The van der Waals surface area contributed by atoms with E-state index in [9.17, 15) is 13.2 Å². The smallest absolute Gasteiger partial charge is 0.433 e. The predicted molar refractivity (Wildman–Crippen MR) is 81.0 cm³/mol. The van der Waals surface area contributed by atoms with E-state index in [1.165, 1.54) is 11.0 Å². The van der Waals surface area contributed by atoms with Crippen LogP contribution in [0.1, 0.15) is 36.6 Å². The minimum absolute atomic E-state index is 0.0980. The molecule has 6 nitrogen and oxygen atoms in total. The number of hydrogen-bond donors (Lipinski definition) is 0. The Morgan fingerprint density at radius 2 is 2.08 bits per heavy atom. The van der Waals surface area contributed by atoms with Crippen molar-refractivity contribution in [1.29, 1.82) is 0 Å². The first kappa shape index (κ1) is 16.1. The van der Waals surface area contributed by atoms with E-state index >= 15 is 0 Å². The highest BCUT2D eigenvalue weighted by molar-refractivity contribution is 5.56. The topological polar surface area (TPSA) is 62.1 Å². The Kier molecular flexibility index (Phi) is 3.95. The molecule has 1 saturated carbocycles. The third kappa shape index (κ3) is 3.65. The summed E-state index contributed by atoms with van der Waals surface area (Å²) in [4.78, 5) is 7.88. The maximum atomic E-state index is 13.1. The summed E-state index contributed by atoms with van der Waals surface area (Å²) >= 11 is 0. The van der Waals surface area contributed by atoms with Gasteiger partial charge in [0.05, 0.1) is 12.8 Å². The minimum Gasteiger partial charge on any atom is -0.470 e. The first-order valence-electron chi connectivity index (χ1n) is 7.91. The molecule has 4 rings (SSSR count). The van der Waals surface area contributed by atoms with E-state index in [4.69, 9.17) is 9.47 Å². The van der Waals surface area contributed by atoms with Crippen molar-refractivity contribution in [3.05, 3.63) is 35.6 Å². The molecule has 0 atom stereocenters. The summed E-state index contributed by atoms with van der Waals surface area (Å²) in [5.74, 6) is 1.01. The molecule has 2 aromatic rings. The number of halogens is 3. The van der Waals surface area contributed by atoms with E-state index in [-0.39, 0.29) is 18.5 Å². The van der Waals surface area contributed by atoms with E-state index in [1.54, 1.807) is 12.3 Å². The number of aromatic nitrogens is 4. The van der Waals surface area contributed by atoms with Gasteiger partial charge in [-0.3, -0.25) is 0 Å². The predicted octanol–water partition coefficient (Wildman–Crippen LogP) is 3.43. The second-order valence-electron chi connectivity index (χ2n) is 6.00. The summed E-state index contributed by atoms with van der Waals surface area (Å²) in [6.07, 6.45) is 0.912. The van der Waals surface area contributed by atoms with Crippen LogP contribution in [0.25, 0.3) is 17.6 Å². The summed E-state index contributed by atoms with van der Waals surface area (Å²) in [5, 5.41) is 4.23. The van der Waals surface area contributed by atoms with Crippen LogP contribution in [0.5, 0.6) is 0 Å². The lowest BCUT2D eigenvalue weighted by Gasteiger charge is -2.15. The largest absolute Gasteiger partial charge is 0.470 e. The van der Waals surface area contributed by atoms with Crippen molar-refractivity contribution < 1.29 is 22.6 Å². The number of alkyl halides is 3. The maximum Gasteiger partial charge on any atom is 0.433 e. The summed E-state index contributed by atoms with van der Waals surface area (Å²) in [5.41, 5.74) is -0.143. The monoisotopic (exact) mass is 352 g/mol. The van der Waals surface area contributed by atoms with Crippen molar-refractivity contribution in [2.45, 2.75) is 31.4 Å². The van der Waals surface area contributed by atoms with Crippen LogP contribution < -0.4 is 0 Å². The number of rotatable bonds is 3. The third-order valence-corrected chi connectivity index (χ3v) is 3.99. The molecule has 0 amide bonds. The lowest BCUT2D eigenvalue weighted by Crippen LogP contribution is -2.11. The molecular weight excluding hydrogens is 337 g/mol. The van der Waals surface area contributed by atoms with Crippen molar-refractivity contribution in [1.82, 2.24) is 19.7 Å². The van der Waals surface area contributed by atoms with Crippen LogP contribution >= 0.6 is 0 Å². The molecule has 2 fully saturated rings. The van der Waals surface area contributed by atoms with E-state index < -0.39 is 11.9 Å². The fraction of sp³-hybridized carbons (Fsp3) is 0.438. The second-order valence-corrected chi connectivity index (χ2v) is 6.00. The molecule has 0 radical (unpaired) electrons. The molecule has 25 heavy (non-hydrogen) atoms. The van der Waals surface area contributed by atoms with E-state index in [2.05, 4.69) is 15.1 Å². The second kappa shape index (κ2) is 6.14. The number of nitrogens with zero attached hydrogens (tertiary/aromatic N) is 4. The number of ether oxygens (including phenoxy) is 2. The Morgan fingerprint density at radius 1 is 1.24 bits per heavy atom. The van der Waals surface area contributed by atoms with Gasteiger partial charge in [0, 0.05) is 23.6 Å². The first-order valence-corrected chi connectivity index (χ1v) is 7.91. The molecular formula is C16H15F3N4O2. The quantitative estimate of drug-likeness (QED) is 0.847. The van der Waals surface area contributed by atoms with Crippen molar-refractivity contribution >= 4 is 6.20 Å². The molecule has 0 N–H and O–H groups in total. The van der Waals surface area contributed by atoms with Crippen molar-refractivity contribution in [3.63, 3.8) is 0 Å². The van der Waals surface area contributed by atoms with Gasteiger partial charge in [-0.05, 0) is 25.0 Å². The standard InChI is InChI=1S/C16H15F3N4O2/c17-16(18,19)14-6-11(5-13(21-14)10-1-2-10)15-20-8-23(22-15)7-12-3-4-24-9-25-12/h5-8,10H,1-4,9H2. The van der Waals surface area contributed by atoms with Gasteiger partial charge >= 0.3 is 6.18 Å². The Balaban J connectivity index is 1.66. The molecule has 2 aliphatic rings. The third-order valence-electron chi connectivity index (χ3n) is 3.99. The normalized spacial score (nSPS) is 19.9. The lowest BCUT2D eigenvalue weighted by atomic mass is 10.1. The first-order chi connectivity index (χ1) is 12.0. The number of pyridine rings is 1. The number of hydrogen-bond acceptors (Lipinski definition) is 5. The van der Waals surface area contributed by atoms with Gasteiger partial charge in [-0.25, -0.2) is 14.6 Å². The molecule has 9 heteroatoms. The zero-order valence-electron chi connectivity index (χ0n) is 13.2. The van der Waals surface area contributed by atoms with Crippen LogP contribution in [0.3, 0.4) is 0 Å². The van der Waals surface area contributed by atoms with Gasteiger partial charge in [0.1, 0.15) is 17.8 Å².